The molecule has 0 atom stereocenters. The van der Waals surface area contributed by atoms with Gasteiger partial charge in [0.15, 0.2) is 0 Å². The lowest BCUT2D eigenvalue weighted by Gasteiger charge is -2.25. The predicted molar refractivity (Wildman–Crippen MR) is 55.9 cm³/mol. The number of likely N-dealkylation sites (tertiary alicyclic amines) is 1. The summed E-state index contributed by atoms with van der Waals surface area (Å²) in [4.78, 5) is 13.4. The van der Waals surface area contributed by atoms with Crippen molar-refractivity contribution in [2.45, 2.75) is 32.4 Å². The Hall–Kier alpha value is -1.29. The van der Waals surface area contributed by atoms with E-state index in [-0.39, 0.29) is 5.91 Å². The fourth-order valence-electron chi connectivity index (χ4n) is 1.83. The molecule has 1 amide bonds. The second kappa shape index (κ2) is 4.49. The molecule has 0 spiro atoms. The van der Waals surface area contributed by atoms with Gasteiger partial charge in [0.25, 0.3) is 0 Å². The minimum Gasteiger partial charge on any atom is -0.467 e. The van der Waals surface area contributed by atoms with Crippen LogP contribution in [0.2, 0.25) is 0 Å². The summed E-state index contributed by atoms with van der Waals surface area (Å²) < 4.78 is 5.33. The predicted octanol–water partition coefficient (Wildman–Crippen LogP) is 1.25. The molecule has 0 radical (unpaired) electrons. The van der Waals surface area contributed by atoms with E-state index >= 15 is 0 Å². The maximum atomic E-state index is 11.5. The number of carbonyl (C=O) groups excluding carboxylic acids is 1. The lowest BCUT2D eigenvalue weighted by atomic mass is 10.1. The Labute approximate surface area is 89.0 Å². The molecule has 2 heterocycles. The number of amides is 1. The molecule has 0 saturated carbocycles. The maximum absolute atomic E-state index is 11.5. The highest BCUT2D eigenvalue weighted by Crippen LogP contribution is 2.15. The quantitative estimate of drug-likeness (QED) is 0.813. The zero-order valence-corrected chi connectivity index (χ0v) is 8.74. The zero-order valence-electron chi connectivity index (χ0n) is 8.74. The lowest BCUT2D eigenvalue weighted by Crippen LogP contribution is -2.34. The molecular formula is C11H16N2O2. The standard InChI is InChI=1S/C11H16N2O2/c12-6-9-5-10(15-8-9)7-13-4-2-1-3-11(13)14/h5,8H,1-4,6-7,12H2. The summed E-state index contributed by atoms with van der Waals surface area (Å²) in [7, 11) is 0. The highest BCUT2D eigenvalue weighted by molar-refractivity contribution is 5.76. The van der Waals surface area contributed by atoms with Crippen molar-refractivity contribution in [3.05, 3.63) is 23.7 Å². The largest absolute Gasteiger partial charge is 0.467 e. The summed E-state index contributed by atoms with van der Waals surface area (Å²) in [5, 5.41) is 0. The third-order valence-corrected chi connectivity index (χ3v) is 2.71. The molecule has 82 valence electrons. The molecule has 1 aliphatic heterocycles. The van der Waals surface area contributed by atoms with Crippen LogP contribution in [0.5, 0.6) is 0 Å². The van der Waals surface area contributed by atoms with Crippen LogP contribution >= 0.6 is 0 Å². The molecule has 1 fully saturated rings. The second-order valence-corrected chi connectivity index (χ2v) is 3.90. The summed E-state index contributed by atoms with van der Waals surface area (Å²) in [6, 6.07) is 1.92. The van der Waals surface area contributed by atoms with Gasteiger partial charge in [0.05, 0.1) is 12.8 Å². The number of nitrogens with zero attached hydrogens (tertiary/aromatic N) is 1. The molecule has 1 aromatic heterocycles. The van der Waals surface area contributed by atoms with Gasteiger partial charge in [-0.2, -0.15) is 0 Å². The Balaban J connectivity index is 1.98. The molecule has 2 N–H and O–H groups in total. The van der Waals surface area contributed by atoms with Gasteiger partial charge in [-0.25, -0.2) is 0 Å². The van der Waals surface area contributed by atoms with Crippen LogP contribution in [0.1, 0.15) is 30.6 Å². The van der Waals surface area contributed by atoms with E-state index in [0.717, 1.165) is 30.7 Å². The van der Waals surface area contributed by atoms with Gasteiger partial charge in [0.2, 0.25) is 5.91 Å². The van der Waals surface area contributed by atoms with E-state index in [4.69, 9.17) is 10.2 Å². The van der Waals surface area contributed by atoms with Crippen molar-refractivity contribution in [3.63, 3.8) is 0 Å². The van der Waals surface area contributed by atoms with Gasteiger partial charge in [-0.05, 0) is 18.9 Å². The van der Waals surface area contributed by atoms with Gasteiger partial charge in [-0.15, -0.1) is 0 Å². The summed E-state index contributed by atoms with van der Waals surface area (Å²) in [6.07, 6.45) is 4.44. The first-order valence-electron chi connectivity index (χ1n) is 5.33. The molecule has 1 aliphatic rings. The number of piperidine rings is 1. The number of nitrogens with two attached hydrogens (primary N) is 1. The highest BCUT2D eigenvalue weighted by Gasteiger charge is 2.19. The van der Waals surface area contributed by atoms with Crippen LogP contribution in [0.4, 0.5) is 0 Å². The third kappa shape index (κ3) is 2.39. The molecule has 2 rings (SSSR count). The van der Waals surface area contributed by atoms with E-state index in [1.165, 1.54) is 0 Å². The van der Waals surface area contributed by atoms with Gasteiger partial charge in [-0.3, -0.25) is 4.79 Å². The first-order valence-corrected chi connectivity index (χ1v) is 5.33. The second-order valence-electron chi connectivity index (χ2n) is 3.90. The number of hydrogen-bond acceptors (Lipinski definition) is 3. The van der Waals surface area contributed by atoms with Gasteiger partial charge in [-0.1, -0.05) is 0 Å². The average molecular weight is 208 g/mol. The van der Waals surface area contributed by atoms with Crippen molar-refractivity contribution in [2.24, 2.45) is 5.73 Å². The van der Waals surface area contributed by atoms with E-state index in [2.05, 4.69) is 0 Å². The van der Waals surface area contributed by atoms with Crippen molar-refractivity contribution in [1.29, 1.82) is 0 Å². The molecule has 0 unspecified atom stereocenters. The van der Waals surface area contributed by atoms with Crippen molar-refractivity contribution in [1.82, 2.24) is 4.90 Å². The van der Waals surface area contributed by atoms with Crippen molar-refractivity contribution < 1.29 is 9.21 Å². The van der Waals surface area contributed by atoms with Crippen molar-refractivity contribution >= 4 is 5.91 Å². The summed E-state index contributed by atoms with van der Waals surface area (Å²) >= 11 is 0. The van der Waals surface area contributed by atoms with Gasteiger partial charge in [0, 0.05) is 25.1 Å². The smallest absolute Gasteiger partial charge is 0.222 e. The number of rotatable bonds is 3. The Kier molecular flexibility index (Phi) is 3.06. The molecule has 15 heavy (non-hydrogen) atoms. The maximum Gasteiger partial charge on any atom is 0.222 e. The first kappa shape index (κ1) is 10.2. The van der Waals surface area contributed by atoms with Crippen LogP contribution in [0, 0.1) is 0 Å². The normalized spacial score (nSPS) is 17.1. The zero-order chi connectivity index (χ0) is 10.7. The highest BCUT2D eigenvalue weighted by atomic mass is 16.3. The van der Waals surface area contributed by atoms with Crippen molar-refractivity contribution in [3.8, 4) is 0 Å². The molecule has 1 saturated heterocycles. The fraction of sp³-hybridized carbons (Fsp3) is 0.545. The van der Waals surface area contributed by atoms with Crippen LogP contribution in [0.15, 0.2) is 16.7 Å². The van der Waals surface area contributed by atoms with E-state index in [9.17, 15) is 4.79 Å². The van der Waals surface area contributed by atoms with E-state index in [1.807, 2.05) is 11.0 Å². The number of hydrogen-bond donors (Lipinski definition) is 1. The Morgan fingerprint density at radius 2 is 2.33 bits per heavy atom. The molecule has 4 nitrogen and oxygen atoms in total. The molecule has 0 aromatic carbocycles. The summed E-state index contributed by atoms with van der Waals surface area (Å²) in [5.74, 6) is 1.05. The minimum atomic E-state index is 0.229. The van der Waals surface area contributed by atoms with E-state index < -0.39 is 0 Å². The number of carbonyl (C=O) groups is 1. The third-order valence-electron chi connectivity index (χ3n) is 2.71. The number of furan rings is 1. The monoisotopic (exact) mass is 208 g/mol. The molecule has 0 aliphatic carbocycles. The molecule has 4 heteroatoms. The Morgan fingerprint density at radius 1 is 1.47 bits per heavy atom. The Bertz CT molecular complexity index is 346. The van der Waals surface area contributed by atoms with Crippen molar-refractivity contribution in [2.75, 3.05) is 6.54 Å². The molecule has 0 bridgehead atoms. The summed E-state index contributed by atoms with van der Waals surface area (Å²) in [5.41, 5.74) is 6.46. The molecule has 1 aromatic rings. The Morgan fingerprint density at radius 3 is 3.00 bits per heavy atom. The van der Waals surface area contributed by atoms with Crippen LogP contribution in [-0.4, -0.2) is 17.4 Å². The SMILES string of the molecule is NCc1coc(CN2CCCCC2=O)c1. The van der Waals surface area contributed by atoms with Crippen LogP contribution in [-0.2, 0) is 17.9 Å². The van der Waals surface area contributed by atoms with Crippen LogP contribution in [0.3, 0.4) is 0 Å². The van der Waals surface area contributed by atoms with Gasteiger partial charge >= 0.3 is 0 Å². The lowest BCUT2D eigenvalue weighted by molar-refractivity contribution is -0.134. The van der Waals surface area contributed by atoms with E-state index in [1.54, 1.807) is 6.26 Å². The summed E-state index contributed by atoms with van der Waals surface area (Å²) in [6.45, 7) is 1.91. The van der Waals surface area contributed by atoms with Gasteiger partial charge in [0.1, 0.15) is 5.76 Å². The fourth-order valence-corrected chi connectivity index (χ4v) is 1.83. The minimum absolute atomic E-state index is 0.229. The van der Waals surface area contributed by atoms with E-state index in [0.29, 0.717) is 19.5 Å². The van der Waals surface area contributed by atoms with Crippen LogP contribution in [0.25, 0.3) is 0 Å². The topological polar surface area (TPSA) is 59.5 Å². The molecular weight excluding hydrogens is 192 g/mol. The first-order chi connectivity index (χ1) is 7.29. The van der Waals surface area contributed by atoms with Gasteiger partial charge < -0.3 is 15.1 Å². The van der Waals surface area contributed by atoms with Crippen LogP contribution < -0.4 is 5.73 Å². The average Bonchev–Trinajstić information content (AvgIpc) is 2.69.